The van der Waals surface area contributed by atoms with Crippen LogP contribution in [0.1, 0.15) is 16.4 Å². The molecule has 0 saturated carbocycles. The number of thioether (sulfide) groups is 1. The molecule has 1 amide bonds. The average molecular weight is 391 g/mol. The fourth-order valence-corrected chi connectivity index (χ4v) is 5.01. The number of carbonyl (C=O) groups excluding carboxylic acids is 1. The number of carbonyl (C=O) groups is 1. The smallest absolute Gasteiger partial charge is 0.242 e. The summed E-state index contributed by atoms with van der Waals surface area (Å²) in [6.45, 7) is 2.03. The maximum Gasteiger partial charge on any atom is 0.242 e. The second-order valence-electron chi connectivity index (χ2n) is 6.21. The Kier molecular flexibility index (Phi) is 5.23. The van der Waals surface area contributed by atoms with E-state index in [0.717, 1.165) is 31.4 Å². The standard InChI is InChI=1S/C22H18N2OS2/c1-15-11-13-17(14-12-15)23-21(25)20(16-7-3-2-4-8-16)27-22-24-18-9-5-6-10-19(18)26-22/h2-14,20H,1H3,(H,23,25)/t20-/m0/s1. The van der Waals surface area contributed by atoms with Crippen molar-refractivity contribution >= 4 is 44.9 Å². The Morgan fingerprint density at radius 1 is 0.963 bits per heavy atom. The van der Waals surface area contributed by atoms with E-state index in [1.807, 2.05) is 79.7 Å². The molecule has 0 fully saturated rings. The lowest BCUT2D eigenvalue weighted by Gasteiger charge is -2.16. The molecule has 1 N–H and O–H groups in total. The highest BCUT2D eigenvalue weighted by molar-refractivity contribution is 8.02. The number of thiazole rings is 1. The summed E-state index contributed by atoms with van der Waals surface area (Å²) in [5.74, 6) is -0.0469. The van der Waals surface area contributed by atoms with Gasteiger partial charge in [-0.1, -0.05) is 71.9 Å². The summed E-state index contributed by atoms with van der Waals surface area (Å²) >= 11 is 3.11. The highest BCUT2D eigenvalue weighted by atomic mass is 32.2. The van der Waals surface area contributed by atoms with Crippen molar-refractivity contribution in [3.8, 4) is 0 Å². The predicted molar refractivity (Wildman–Crippen MR) is 114 cm³/mol. The Hall–Kier alpha value is -2.63. The van der Waals surface area contributed by atoms with Crippen molar-refractivity contribution in [2.45, 2.75) is 16.5 Å². The van der Waals surface area contributed by atoms with E-state index in [9.17, 15) is 4.79 Å². The van der Waals surface area contributed by atoms with Crippen molar-refractivity contribution in [1.82, 2.24) is 4.98 Å². The predicted octanol–water partition coefficient (Wildman–Crippen LogP) is 6.08. The minimum atomic E-state index is -0.368. The highest BCUT2D eigenvalue weighted by Gasteiger charge is 2.24. The molecule has 3 aromatic carbocycles. The number of aryl methyl sites for hydroxylation is 1. The van der Waals surface area contributed by atoms with E-state index in [2.05, 4.69) is 16.4 Å². The first-order valence-corrected chi connectivity index (χ1v) is 10.3. The Bertz CT molecular complexity index is 1030. The number of rotatable bonds is 5. The third-order valence-corrected chi connectivity index (χ3v) is 6.54. The van der Waals surface area contributed by atoms with Crippen LogP contribution in [0.15, 0.2) is 83.2 Å². The van der Waals surface area contributed by atoms with Gasteiger partial charge in [0.05, 0.1) is 10.2 Å². The zero-order chi connectivity index (χ0) is 18.6. The second kappa shape index (κ2) is 7.94. The molecule has 4 rings (SSSR count). The maximum absolute atomic E-state index is 13.1. The van der Waals surface area contributed by atoms with Gasteiger partial charge in [0.25, 0.3) is 0 Å². The Morgan fingerprint density at radius 2 is 1.67 bits per heavy atom. The molecular formula is C22H18N2OS2. The third kappa shape index (κ3) is 4.21. The quantitative estimate of drug-likeness (QED) is 0.420. The molecule has 134 valence electrons. The fraction of sp³-hybridized carbons (Fsp3) is 0.0909. The average Bonchev–Trinajstić information content (AvgIpc) is 3.11. The lowest BCUT2D eigenvalue weighted by Crippen LogP contribution is -2.19. The monoisotopic (exact) mass is 390 g/mol. The molecular weight excluding hydrogens is 372 g/mol. The largest absolute Gasteiger partial charge is 0.325 e. The van der Waals surface area contributed by atoms with E-state index in [0.29, 0.717) is 0 Å². The van der Waals surface area contributed by atoms with Gasteiger partial charge in [-0.3, -0.25) is 4.79 Å². The van der Waals surface area contributed by atoms with Crippen LogP contribution in [0.5, 0.6) is 0 Å². The minimum Gasteiger partial charge on any atom is -0.325 e. The van der Waals surface area contributed by atoms with E-state index in [-0.39, 0.29) is 11.2 Å². The highest BCUT2D eigenvalue weighted by Crippen LogP contribution is 2.39. The van der Waals surface area contributed by atoms with Gasteiger partial charge < -0.3 is 5.32 Å². The topological polar surface area (TPSA) is 42.0 Å². The molecule has 5 heteroatoms. The van der Waals surface area contributed by atoms with Gasteiger partial charge in [-0.15, -0.1) is 11.3 Å². The number of nitrogens with one attached hydrogen (secondary N) is 1. The summed E-state index contributed by atoms with van der Waals surface area (Å²) in [7, 11) is 0. The summed E-state index contributed by atoms with van der Waals surface area (Å²) < 4.78 is 2.02. The molecule has 0 aliphatic rings. The summed E-state index contributed by atoms with van der Waals surface area (Å²) in [6.07, 6.45) is 0. The fourth-order valence-electron chi connectivity index (χ4n) is 2.75. The number of para-hydroxylation sites is 1. The number of hydrogen-bond donors (Lipinski definition) is 1. The Balaban J connectivity index is 1.62. The first-order valence-electron chi connectivity index (χ1n) is 8.64. The van der Waals surface area contributed by atoms with E-state index >= 15 is 0 Å². The van der Waals surface area contributed by atoms with E-state index in [1.165, 1.54) is 11.8 Å². The van der Waals surface area contributed by atoms with Gasteiger partial charge in [0.15, 0.2) is 4.34 Å². The molecule has 1 heterocycles. The number of aromatic nitrogens is 1. The molecule has 0 aliphatic heterocycles. The van der Waals surface area contributed by atoms with E-state index in [4.69, 9.17) is 0 Å². The molecule has 0 unspecified atom stereocenters. The van der Waals surface area contributed by atoms with Gasteiger partial charge in [-0.2, -0.15) is 0 Å². The number of hydrogen-bond acceptors (Lipinski definition) is 4. The van der Waals surface area contributed by atoms with Gasteiger partial charge in [0.1, 0.15) is 5.25 Å². The van der Waals surface area contributed by atoms with Crippen LogP contribution in [0.25, 0.3) is 10.2 Å². The summed E-state index contributed by atoms with van der Waals surface area (Å²) in [4.78, 5) is 17.7. The van der Waals surface area contributed by atoms with Crippen molar-refractivity contribution in [3.05, 3.63) is 90.0 Å². The van der Waals surface area contributed by atoms with Crippen LogP contribution >= 0.6 is 23.1 Å². The molecule has 0 bridgehead atoms. The second-order valence-corrected chi connectivity index (χ2v) is 8.59. The molecule has 27 heavy (non-hydrogen) atoms. The van der Waals surface area contributed by atoms with Crippen LogP contribution in [0.2, 0.25) is 0 Å². The van der Waals surface area contributed by atoms with Crippen LogP contribution < -0.4 is 5.32 Å². The van der Waals surface area contributed by atoms with Crippen LogP contribution in [0.3, 0.4) is 0 Å². The third-order valence-electron chi connectivity index (χ3n) is 4.15. The van der Waals surface area contributed by atoms with Gasteiger partial charge in [-0.05, 0) is 36.8 Å². The number of fused-ring (bicyclic) bond motifs is 1. The number of benzene rings is 3. The van der Waals surface area contributed by atoms with Gasteiger partial charge >= 0.3 is 0 Å². The van der Waals surface area contributed by atoms with E-state index in [1.54, 1.807) is 11.3 Å². The van der Waals surface area contributed by atoms with Crippen molar-refractivity contribution < 1.29 is 4.79 Å². The molecule has 3 nitrogen and oxygen atoms in total. The molecule has 1 aromatic heterocycles. The number of anilines is 1. The van der Waals surface area contributed by atoms with Crippen LogP contribution in [-0.2, 0) is 4.79 Å². The molecule has 0 spiro atoms. The lowest BCUT2D eigenvalue weighted by molar-refractivity contribution is -0.115. The van der Waals surface area contributed by atoms with Crippen molar-refractivity contribution in [1.29, 1.82) is 0 Å². The first-order chi connectivity index (χ1) is 13.2. The molecule has 0 aliphatic carbocycles. The zero-order valence-electron chi connectivity index (χ0n) is 14.8. The number of nitrogens with zero attached hydrogens (tertiary/aromatic N) is 1. The minimum absolute atomic E-state index is 0.0469. The summed E-state index contributed by atoms with van der Waals surface area (Å²) in [6, 6.07) is 25.7. The van der Waals surface area contributed by atoms with Crippen LogP contribution in [0, 0.1) is 6.92 Å². The Morgan fingerprint density at radius 3 is 2.41 bits per heavy atom. The zero-order valence-corrected chi connectivity index (χ0v) is 16.4. The van der Waals surface area contributed by atoms with Gasteiger partial charge in [0.2, 0.25) is 5.91 Å². The molecule has 0 saturated heterocycles. The molecule has 4 aromatic rings. The number of amides is 1. The normalized spacial score (nSPS) is 12.0. The van der Waals surface area contributed by atoms with Crippen LogP contribution in [0.4, 0.5) is 5.69 Å². The SMILES string of the molecule is Cc1ccc(NC(=O)[C@@H](Sc2nc3ccccc3s2)c2ccccc2)cc1. The maximum atomic E-state index is 13.1. The van der Waals surface area contributed by atoms with Crippen molar-refractivity contribution in [2.75, 3.05) is 5.32 Å². The van der Waals surface area contributed by atoms with Gasteiger partial charge in [-0.25, -0.2) is 4.98 Å². The van der Waals surface area contributed by atoms with Crippen molar-refractivity contribution in [3.63, 3.8) is 0 Å². The Labute approximate surface area is 166 Å². The summed E-state index contributed by atoms with van der Waals surface area (Å²) in [5.41, 5.74) is 3.90. The molecule has 1 atom stereocenters. The van der Waals surface area contributed by atoms with Crippen molar-refractivity contribution in [2.24, 2.45) is 0 Å². The van der Waals surface area contributed by atoms with Crippen LogP contribution in [-0.4, -0.2) is 10.9 Å². The lowest BCUT2D eigenvalue weighted by atomic mass is 10.1. The van der Waals surface area contributed by atoms with Gasteiger partial charge in [0, 0.05) is 5.69 Å². The first kappa shape index (κ1) is 17.8. The van der Waals surface area contributed by atoms with E-state index < -0.39 is 0 Å². The summed E-state index contributed by atoms with van der Waals surface area (Å²) in [5, 5.41) is 2.67. The molecule has 0 radical (unpaired) electrons.